The zero-order chi connectivity index (χ0) is 16.9. The monoisotopic (exact) mass is 363 g/mol. The van der Waals surface area contributed by atoms with Crippen molar-refractivity contribution in [3.63, 3.8) is 0 Å². The molecule has 0 bridgehead atoms. The minimum absolute atomic E-state index is 0. The molecule has 0 unspecified atom stereocenters. The van der Waals surface area contributed by atoms with Gasteiger partial charge in [0.25, 0.3) is 0 Å². The molecule has 0 saturated carbocycles. The van der Waals surface area contributed by atoms with Crippen LogP contribution in [0.5, 0.6) is 5.75 Å². The Morgan fingerprint density at radius 3 is 2.36 bits per heavy atom. The van der Waals surface area contributed by atoms with Gasteiger partial charge in [-0.05, 0) is 38.5 Å². The second kappa shape index (κ2) is 8.69. The molecule has 25 heavy (non-hydrogen) atoms. The molecule has 1 N–H and O–H groups in total. The molecule has 6 nitrogen and oxygen atoms in total. The van der Waals surface area contributed by atoms with E-state index in [4.69, 9.17) is 13.8 Å². The van der Waals surface area contributed by atoms with Crippen LogP contribution in [-0.4, -0.2) is 10.3 Å². The summed E-state index contributed by atoms with van der Waals surface area (Å²) in [4.78, 5) is 0. The fourth-order valence-corrected chi connectivity index (χ4v) is 2.40. The Balaban J connectivity index is 0.00000225. The van der Waals surface area contributed by atoms with Crippen LogP contribution in [0.1, 0.15) is 34.0 Å². The van der Waals surface area contributed by atoms with Crippen molar-refractivity contribution in [1.82, 2.24) is 15.6 Å². The first-order chi connectivity index (χ1) is 11.6. The van der Waals surface area contributed by atoms with E-state index >= 15 is 0 Å². The number of nitrogens with zero attached hydrogens (tertiary/aromatic N) is 2. The quantitative estimate of drug-likeness (QED) is 0.686. The molecule has 0 spiro atoms. The van der Waals surface area contributed by atoms with Crippen LogP contribution in [-0.2, 0) is 19.7 Å². The van der Waals surface area contributed by atoms with Gasteiger partial charge in [-0.1, -0.05) is 22.4 Å². The molecule has 1 aromatic carbocycles. The molecule has 0 saturated heterocycles. The summed E-state index contributed by atoms with van der Waals surface area (Å²) < 4.78 is 16.0. The SMILES string of the molecule is Cc1cc(CNCc2ccc(OCc3c(C)noc3C)cc2)no1.Cl. The van der Waals surface area contributed by atoms with Crippen molar-refractivity contribution >= 4 is 12.4 Å². The Hall–Kier alpha value is -2.31. The Kier molecular flexibility index (Phi) is 6.61. The van der Waals surface area contributed by atoms with Crippen LogP contribution in [0.4, 0.5) is 0 Å². The van der Waals surface area contributed by atoms with Crippen molar-refractivity contribution in [2.24, 2.45) is 0 Å². The molecule has 0 aliphatic rings. The normalized spacial score (nSPS) is 10.5. The summed E-state index contributed by atoms with van der Waals surface area (Å²) in [5.74, 6) is 2.45. The number of hydrogen-bond acceptors (Lipinski definition) is 6. The average molecular weight is 364 g/mol. The summed E-state index contributed by atoms with van der Waals surface area (Å²) in [6, 6.07) is 9.96. The van der Waals surface area contributed by atoms with Crippen molar-refractivity contribution in [3.8, 4) is 5.75 Å². The highest BCUT2D eigenvalue weighted by molar-refractivity contribution is 5.85. The van der Waals surface area contributed by atoms with Gasteiger partial charge in [0.1, 0.15) is 23.9 Å². The molecule has 0 atom stereocenters. The van der Waals surface area contributed by atoms with Crippen molar-refractivity contribution in [1.29, 1.82) is 0 Å². The van der Waals surface area contributed by atoms with Crippen LogP contribution < -0.4 is 10.1 Å². The van der Waals surface area contributed by atoms with Gasteiger partial charge in [-0.3, -0.25) is 0 Å². The van der Waals surface area contributed by atoms with E-state index in [0.29, 0.717) is 13.2 Å². The maximum Gasteiger partial charge on any atom is 0.140 e. The van der Waals surface area contributed by atoms with Crippen LogP contribution in [0.15, 0.2) is 39.4 Å². The third-order valence-electron chi connectivity index (χ3n) is 3.80. The van der Waals surface area contributed by atoms with Gasteiger partial charge in [0.2, 0.25) is 0 Å². The summed E-state index contributed by atoms with van der Waals surface area (Å²) in [6.07, 6.45) is 0. The Morgan fingerprint density at radius 2 is 1.76 bits per heavy atom. The smallest absolute Gasteiger partial charge is 0.140 e. The summed E-state index contributed by atoms with van der Waals surface area (Å²) in [7, 11) is 0. The molecule has 134 valence electrons. The van der Waals surface area contributed by atoms with E-state index in [2.05, 4.69) is 15.6 Å². The second-order valence-electron chi connectivity index (χ2n) is 5.77. The number of aryl methyl sites for hydroxylation is 3. The molecule has 3 aromatic rings. The lowest BCUT2D eigenvalue weighted by atomic mass is 10.2. The minimum Gasteiger partial charge on any atom is -0.489 e. The number of hydrogen-bond donors (Lipinski definition) is 1. The van der Waals surface area contributed by atoms with E-state index in [9.17, 15) is 0 Å². The number of aromatic nitrogens is 2. The molecule has 0 aliphatic carbocycles. The fourth-order valence-electron chi connectivity index (χ4n) is 2.40. The van der Waals surface area contributed by atoms with Gasteiger partial charge in [-0.15, -0.1) is 12.4 Å². The number of halogens is 1. The molecular formula is C18H22ClN3O3. The van der Waals surface area contributed by atoms with Gasteiger partial charge in [0, 0.05) is 19.2 Å². The molecule has 0 radical (unpaired) electrons. The van der Waals surface area contributed by atoms with Crippen LogP contribution in [0.3, 0.4) is 0 Å². The van der Waals surface area contributed by atoms with Crippen molar-refractivity contribution in [2.75, 3.05) is 0 Å². The third kappa shape index (κ3) is 5.08. The lowest BCUT2D eigenvalue weighted by Crippen LogP contribution is -2.12. The maximum absolute atomic E-state index is 5.80. The highest BCUT2D eigenvalue weighted by Crippen LogP contribution is 2.18. The van der Waals surface area contributed by atoms with E-state index in [-0.39, 0.29) is 12.4 Å². The number of rotatable bonds is 7. The highest BCUT2D eigenvalue weighted by atomic mass is 35.5. The highest BCUT2D eigenvalue weighted by Gasteiger charge is 2.09. The molecule has 0 aliphatic heterocycles. The Morgan fingerprint density at radius 1 is 1.00 bits per heavy atom. The zero-order valence-electron chi connectivity index (χ0n) is 14.5. The first-order valence-electron chi connectivity index (χ1n) is 7.88. The summed E-state index contributed by atoms with van der Waals surface area (Å²) in [5, 5.41) is 11.2. The number of ether oxygens (including phenoxy) is 1. The van der Waals surface area contributed by atoms with Gasteiger partial charge in [-0.2, -0.15) is 0 Å². The molecular weight excluding hydrogens is 342 g/mol. The van der Waals surface area contributed by atoms with E-state index < -0.39 is 0 Å². The van der Waals surface area contributed by atoms with Crippen molar-refractivity contribution in [3.05, 3.63) is 64.4 Å². The van der Waals surface area contributed by atoms with Crippen LogP contribution >= 0.6 is 12.4 Å². The Bertz CT molecular complexity index is 777. The third-order valence-corrected chi connectivity index (χ3v) is 3.80. The van der Waals surface area contributed by atoms with Gasteiger partial charge in [0.05, 0.1) is 17.0 Å². The number of benzene rings is 1. The standard InChI is InChI=1S/C18H21N3O3.ClH/c1-12-8-16(21-23-12)10-19-9-15-4-6-17(7-5-15)22-11-18-13(2)20-24-14(18)3;/h4-8,19H,9-11H2,1-3H3;1H. The largest absolute Gasteiger partial charge is 0.489 e. The van der Waals surface area contributed by atoms with Gasteiger partial charge < -0.3 is 19.1 Å². The van der Waals surface area contributed by atoms with E-state index in [1.54, 1.807) is 0 Å². The lowest BCUT2D eigenvalue weighted by Gasteiger charge is -2.07. The molecule has 7 heteroatoms. The van der Waals surface area contributed by atoms with Crippen molar-refractivity contribution in [2.45, 2.75) is 40.5 Å². The second-order valence-corrected chi connectivity index (χ2v) is 5.77. The molecule has 2 aromatic heterocycles. The van der Waals surface area contributed by atoms with Gasteiger partial charge in [-0.25, -0.2) is 0 Å². The first kappa shape index (κ1) is 19.0. The van der Waals surface area contributed by atoms with Gasteiger partial charge in [0.15, 0.2) is 0 Å². The molecule has 2 heterocycles. The Labute approximate surface area is 152 Å². The van der Waals surface area contributed by atoms with Crippen LogP contribution in [0.25, 0.3) is 0 Å². The topological polar surface area (TPSA) is 73.3 Å². The van der Waals surface area contributed by atoms with Crippen LogP contribution in [0, 0.1) is 20.8 Å². The molecule has 3 rings (SSSR count). The van der Waals surface area contributed by atoms with E-state index in [1.807, 2.05) is 51.1 Å². The summed E-state index contributed by atoms with van der Waals surface area (Å²) >= 11 is 0. The fraction of sp³-hybridized carbons (Fsp3) is 0.333. The first-order valence-corrected chi connectivity index (χ1v) is 7.88. The predicted molar refractivity (Wildman–Crippen MR) is 95.8 cm³/mol. The zero-order valence-corrected chi connectivity index (χ0v) is 15.4. The van der Waals surface area contributed by atoms with E-state index in [0.717, 1.165) is 40.8 Å². The molecule has 0 fully saturated rings. The number of nitrogens with one attached hydrogen (secondary N) is 1. The summed E-state index contributed by atoms with van der Waals surface area (Å²) in [6.45, 7) is 7.60. The van der Waals surface area contributed by atoms with E-state index in [1.165, 1.54) is 5.56 Å². The lowest BCUT2D eigenvalue weighted by molar-refractivity contribution is 0.301. The average Bonchev–Trinajstić information content (AvgIpc) is 3.13. The maximum atomic E-state index is 5.80. The summed E-state index contributed by atoms with van der Waals surface area (Å²) in [5.41, 5.74) is 3.96. The van der Waals surface area contributed by atoms with Crippen molar-refractivity contribution < 1.29 is 13.8 Å². The minimum atomic E-state index is 0. The molecule has 0 amide bonds. The van der Waals surface area contributed by atoms with Crippen LogP contribution in [0.2, 0.25) is 0 Å². The predicted octanol–water partition coefficient (Wildman–Crippen LogP) is 3.88. The van der Waals surface area contributed by atoms with Gasteiger partial charge >= 0.3 is 0 Å².